The van der Waals surface area contributed by atoms with Crippen LogP contribution in [0.2, 0.25) is 0 Å². The van der Waals surface area contributed by atoms with Crippen molar-refractivity contribution >= 4 is 17.6 Å². The number of nitrogens with zero attached hydrogens (tertiary/aromatic N) is 4. The average molecular weight is 346 g/mol. The molecule has 9 heteroatoms. The zero-order valence-electron chi connectivity index (χ0n) is 13.9. The van der Waals surface area contributed by atoms with E-state index in [1.165, 1.54) is 40.0 Å². The van der Waals surface area contributed by atoms with Gasteiger partial charge < -0.3 is 9.64 Å². The SMILES string of the molecule is CCOC(=O)CN(CC)C(=O)c1ccn(-c2cccc([N+](=O)[O-])c2)n1. The summed E-state index contributed by atoms with van der Waals surface area (Å²) < 4.78 is 6.22. The summed E-state index contributed by atoms with van der Waals surface area (Å²) in [4.78, 5) is 35.7. The molecule has 9 nitrogen and oxygen atoms in total. The van der Waals surface area contributed by atoms with Gasteiger partial charge >= 0.3 is 5.97 Å². The predicted octanol–water partition coefficient (Wildman–Crippen LogP) is 1.81. The van der Waals surface area contributed by atoms with E-state index in [2.05, 4.69) is 5.10 Å². The van der Waals surface area contributed by atoms with E-state index in [0.717, 1.165) is 0 Å². The first kappa shape index (κ1) is 18.1. The highest BCUT2D eigenvalue weighted by Gasteiger charge is 2.20. The van der Waals surface area contributed by atoms with Crippen LogP contribution in [0, 0.1) is 10.1 Å². The Labute approximate surface area is 143 Å². The zero-order chi connectivity index (χ0) is 18.4. The lowest BCUT2D eigenvalue weighted by Gasteiger charge is -2.18. The maximum atomic E-state index is 12.5. The molecule has 0 saturated carbocycles. The molecule has 0 aliphatic heterocycles. The third-order valence-corrected chi connectivity index (χ3v) is 3.41. The Morgan fingerprint density at radius 2 is 2.08 bits per heavy atom. The molecule has 0 fully saturated rings. The van der Waals surface area contributed by atoms with Crippen LogP contribution in [0.5, 0.6) is 0 Å². The van der Waals surface area contributed by atoms with E-state index in [1.807, 2.05) is 0 Å². The van der Waals surface area contributed by atoms with Crippen LogP contribution >= 0.6 is 0 Å². The minimum atomic E-state index is -0.503. The van der Waals surface area contributed by atoms with Crippen molar-refractivity contribution in [1.29, 1.82) is 0 Å². The molecule has 0 N–H and O–H groups in total. The van der Waals surface area contributed by atoms with E-state index < -0.39 is 16.8 Å². The zero-order valence-corrected chi connectivity index (χ0v) is 13.9. The van der Waals surface area contributed by atoms with Crippen molar-refractivity contribution < 1.29 is 19.2 Å². The first-order valence-corrected chi connectivity index (χ1v) is 7.71. The van der Waals surface area contributed by atoms with Crippen molar-refractivity contribution in [2.24, 2.45) is 0 Å². The van der Waals surface area contributed by atoms with Crippen LogP contribution in [0.15, 0.2) is 36.5 Å². The molecule has 2 rings (SSSR count). The summed E-state index contributed by atoms with van der Waals surface area (Å²) in [5, 5.41) is 15.0. The highest BCUT2D eigenvalue weighted by molar-refractivity contribution is 5.94. The molecule has 0 bridgehead atoms. The molecule has 132 valence electrons. The van der Waals surface area contributed by atoms with Gasteiger partial charge in [0.25, 0.3) is 11.6 Å². The van der Waals surface area contributed by atoms with Gasteiger partial charge in [-0.05, 0) is 26.0 Å². The summed E-state index contributed by atoms with van der Waals surface area (Å²) in [6, 6.07) is 7.41. The molecule has 0 aliphatic rings. The molecule has 0 atom stereocenters. The molecule has 0 spiro atoms. The van der Waals surface area contributed by atoms with Crippen LogP contribution in [-0.2, 0) is 9.53 Å². The number of likely N-dealkylation sites (N-methyl/N-ethyl adjacent to an activating group) is 1. The number of ether oxygens (including phenoxy) is 1. The van der Waals surface area contributed by atoms with Crippen LogP contribution in [0.4, 0.5) is 5.69 Å². The minimum absolute atomic E-state index is 0.0710. The van der Waals surface area contributed by atoms with Gasteiger partial charge in [-0.1, -0.05) is 6.07 Å². The lowest BCUT2D eigenvalue weighted by molar-refractivity contribution is -0.384. The molecule has 0 unspecified atom stereocenters. The third-order valence-electron chi connectivity index (χ3n) is 3.41. The molecule has 1 aromatic heterocycles. The maximum absolute atomic E-state index is 12.5. The number of hydrogen-bond acceptors (Lipinski definition) is 6. The minimum Gasteiger partial charge on any atom is -0.465 e. The van der Waals surface area contributed by atoms with Crippen LogP contribution in [0.25, 0.3) is 5.69 Å². The van der Waals surface area contributed by atoms with Gasteiger partial charge in [-0.2, -0.15) is 5.10 Å². The van der Waals surface area contributed by atoms with Gasteiger partial charge in [0.05, 0.1) is 17.2 Å². The number of carbonyl (C=O) groups is 2. The van der Waals surface area contributed by atoms with Gasteiger partial charge in [-0.15, -0.1) is 0 Å². The fraction of sp³-hybridized carbons (Fsp3) is 0.312. The summed E-state index contributed by atoms with van der Waals surface area (Å²) in [7, 11) is 0. The number of carbonyl (C=O) groups excluding carboxylic acids is 2. The highest BCUT2D eigenvalue weighted by Crippen LogP contribution is 2.16. The number of esters is 1. The van der Waals surface area contributed by atoms with Crippen LogP contribution in [-0.4, -0.2) is 51.2 Å². The molecule has 2 aromatic rings. The first-order valence-electron chi connectivity index (χ1n) is 7.71. The second-order valence-corrected chi connectivity index (χ2v) is 5.05. The Kier molecular flexibility index (Phi) is 5.83. The van der Waals surface area contributed by atoms with Gasteiger partial charge in [-0.3, -0.25) is 19.7 Å². The summed E-state index contributed by atoms with van der Waals surface area (Å²) >= 11 is 0. The summed E-state index contributed by atoms with van der Waals surface area (Å²) in [6.45, 7) is 3.84. The number of hydrogen-bond donors (Lipinski definition) is 0. The molecule has 1 amide bonds. The molecule has 1 aromatic carbocycles. The van der Waals surface area contributed by atoms with Crippen molar-refractivity contribution in [1.82, 2.24) is 14.7 Å². The second-order valence-electron chi connectivity index (χ2n) is 5.05. The Balaban J connectivity index is 2.19. The number of rotatable bonds is 7. The standard InChI is InChI=1S/C16H18N4O5/c1-3-18(11-15(21)25-4-2)16(22)14-8-9-19(17-14)12-6-5-7-13(10-12)20(23)24/h5-10H,3-4,11H2,1-2H3. The van der Waals surface area contributed by atoms with Gasteiger partial charge in [0.1, 0.15) is 6.54 Å². The van der Waals surface area contributed by atoms with E-state index >= 15 is 0 Å². The Hall–Kier alpha value is -3.23. The third kappa shape index (κ3) is 4.40. The molecule has 0 radical (unpaired) electrons. The fourth-order valence-corrected chi connectivity index (χ4v) is 2.18. The lowest BCUT2D eigenvalue weighted by Crippen LogP contribution is -2.36. The molecular formula is C16H18N4O5. The summed E-state index contributed by atoms with van der Waals surface area (Å²) in [5.74, 6) is -0.907. The van der Waals surface area contributed by atoms with E-state index in [-0.39, 0.29) is 24.5 Å². The molecule has 0 aliphatic carbocycles. The largest absolute Gasteiger partial charge is 0.465 e. The topological polar surface area (TPSA) is 108 Å². The Bertz CT molecular complexity index is 786. The van der Waals surface area contributed by atoms with Crippen LogP contribution < -0.4 is 0 Å². The maximum Gasteiger partial charge on any atom is 0.325 e. The smallest absolute Gasteiger partial charge is 0.325 e. The normalized spacial score (nSPS) is 10.3. The van der Waals surface area contributed by atoms with E-state index in [0.29, 0.717) is 12.2 Å². The second kappa shape index (κ2) is 8.04. The van der Waals surface area contributed by atoms with Gasteiger partial charge in [0.15, 0.2) is 5.69 Å². The van der Waals surface area contributed by atoms with Gasteiger partial charge in [0, 0.05) is 24.9 Å². The molecule has 0 saturated heterocycles. The van der Waals surface area contributed by atoms with Crippen molar-refractivity contribution in [2.45, 2.75) is 13.8 Å². The monoisotopic (exact) mass is 346 g/mol. The van der Waals surface area contributed by atoms with Crippen LogP contribution in [0.1, 0.15) is 24.3 Å². The van der Waals surface area contributed by atoms with E-state index in [1.54, 1.807) is 19.9 Å². The number of benzene rings is 1. The van der Waals surface area contributed by atoms with Gasteiger partial charge in [-0.25, -0.2) is 4.68 Å². The number of nitro groups is 1. The molecule has 1 heterocycles. The van der Waals surface area contributed by atoms with E-state index in [4.69, 9.17) is 4.74 Å². The quantitative estimate of drug-likeness (QED) is 0.430. The number of aromatic nitrogens is 2. The first-order chi connectivity index (χ1) is 12.0. The van der Waals surface area contributed by atoms with Gasteiger partial charge in [0.2, 0.25) is 0 Å². The number of nitro benzene ring substituents is 1. The predicted molar refractivity (Wildman–Crippen MR) is 88.4 cm³/mol. The fourth-order valence-electron chi connectivity index (χ4n) is 2.18. The van der Waals surface area contributed by atoms with Crippen molar-refractivity contribution in [3.05, 3.63) is 52.3 Å². The Morgan fingerprint density at radius 1 is 1.32 bits per heavy atom. The lowest BCUT2D eigenvalue weighted by atomic mass is 10.3. The van der Waals surface area contributed by atoms with E-state index in [9.17, 15) is 19.7 Å². The summed E-state index contributed by atoms with van der Waals surface area (Å²) in [6.07, 6.45) is 1.53. The number of amides is 1. The highest BCUT2D eigenvalue weighted by atomic mass is 16.6. The number of non-ortho nitro benzene ring substituents is 1. The molecule has 25 heavy (non-hydrogen) atoms. The summed E-state index contributed by atoms with van der Waals surface area (Å²) in [5.41, 5.74) is 0.526. The average Bonchev–Trinajstić information content (AvgIpc) is 3.09. The molecular weight excluding hydrogens is 328 g/mol. The van der Waals surface area contributed by atoms with Crippen molar-refractivity contribution in [2.75, 3.05) is 19.7 Å². The van der Waals surface area contributed by atoms with Crippen molar-refractivity contribution in [3.8, 4) is 5.69 Å². The van der Waals surface area contributed by atoms with Crippen molar-refractivity contribution in [3.63, 3.8) is 0 Å². The Morgan fingerprint density at radius 3 is 2.72 bits per heavy atom. The van der Waals surface area contributed by atoms with Crippen LogP contribution in [0.3, 0.4) is 0 Å².